The third kappa shape index (κ3) is 5.66. The Bertz CT molecular complexity index is 853. The van der Waals surface area contributed by atoms with Gasteiger partial charge in [-0.15, -0.1) is 0 Å². The van der Waals surface area contributed by atoms with Crippen molar-refractivity contribution < 1.29 is 4.79 Å². The van der Waals surface area contributed by atoms with E-state index in [0.717, 1.165) is 49.2 Å². The standard InChI is InChI=1S/C22H32N4O2/c1-3-9-25-11-13-26(14-12-25)10-8-23-21(27)7-6-19-16-18-5-4-17(2)15-20(18)24-22(19)28/h4-5,15-16H,3,6-14H2,1-2H3,(H,23,27)(H,24,28). The zero-order valence-corrected chi connectivity index (χ0v) is 17.1. The van der Waals surface area contributed by atoms with Gasteiger partial charge in [0.05, 0.1) is 0 Å². The zero-order chi connectivity index (χ0) is 19.9. The molecule has 6 nitrogen and oxygen atoms in total. The lowest BCUT2D eigenvalue weighted by Gasteiger charge is -2.34. The number of nitrogens with one attached hydrogen (secondary N) is 2. The van der Waals surface area contributed by atoms with E-state index in [1.165, 1.54) is 13.0 Å². The number of aromatic amines is 1. The topological polar surface area (TPSA) is 68.4 Å². The van der Waals surface area contributed by atoms with Crippen LogP contribution < -0.4 is 10.9 Å². The number of aryl methyl sites for hydroxylation is 2. The molecule has 0 aliphatic carbocycles. The average Bonchev–Trinajstić information content (AvgIpc) is 2.68. The highest BCUT2D eigenvalue weighted by Gasteiger charge is 2.15. The van der Waals surface area contributed by atoms with Crippen LogP contribution in [-0.4, -0.2) is 66.5 Å². The highest BCUT2D eigenvalue weighted by molar-refractivity contribution is 5.80. The molecule has 0 unspecified atom stereocenters. The largest absolute Gasteiger partial charge is 0.355 e. The summed E-state index contributed by atoms with van der Waals surface area (Å²) < 4.78 is 0. The highest BCUT2D eigenvalue weighted by atomic mass is 16.1. The van der Waals surface area contributed by atoms with Gasteiger partial charge in [-0.05, 0) is 49.4 Å². The van der Waals surface area contributed by atoms with Crippen molar-refractivity contribution in [3.05, 3.63) is 45.7 Å². The first-order valence-electron chi connectivity index (χ1n) is 10.4. The van der Waals surface area contributed by atoms with E-state index < -0.39 is 0 Å². The minimum absolute atomic E-state index is 0.00743. The van der Waals surface area contributed by atoms with Gasteiger partial charge in [0.25, 0.3) is 5.56 Å². The maximum absolute atomic E-state index is 12.3. The zero-order valence-electron chi connectivity index (χ0n) is 17.1. The fourth-order valence-electron chi connectivity index (χ4n) is 3.79. The molecule has 1 aromatic heterocycles. The van der Waals surface area contributed by atoms with E-state index in [0.29, 0.717) is 24.9 Å². The minimum Gasteiger partial charge on any atom is -0.355 e. The molecular formula is C22H32N4O2. The summed E-state index contributed by atoms with van der Waals surface area (Å²) in [7, 11) is 0. The molecule has 0 spiro atoms. The summed E-state index contributed by atoms with van der Waals surface area (Å²) in [6.45, 7) is 11.3. The molecule has 2 aromatic rings. The van der Waals surface area contributed by atoms with Crippen LogP contribution >= 0.6 is 0 Å². The number of rotatable bonds is 8. The number of pyridine rings is 1. The Hall–Kier alpha value is -2.18. The van der Waals surface area contributed by atoms with E-state index in [-0.39, 0.29) is 11.5 Å². The SMILES string of the molecule is CCCN1CCN(CCNC(=O)CCc2cc3ccc(C)cc3[nH]c2=O)CC1. The molecule has 6 heteroatoms. The predicted molar refractivity (Wildman–Crippen MR) is 114 cm³/mol. The van der Waals surface area contributed by atoms with Gasteiger partial charge >= 0.3 is 0 Å². The normalized spacial score (nSPS) is 15.8. The number of carbonyl (C=O) groups excluding carboxylic acids is 1. The second-order valence-corrected chi connectivity index (χ2v) is 7.75. The van der Waals surface area contributed by atoms with Gasteiger partial charge in [0, 0.05) is 56.8 Å². The van der Waals surface area contributed by atoms with Crippen molar-refractivity contribution >= 4 is 16.8 Å². The number of nitrogens with zero attached hydrogens (tertiary/aromatic N) is 2. The monoisotopic (exact) mass is 384 g/mol. The second kappa shape index (κ2) is 9.85. The van der Waals surface area contributed by atoms with Gasteiger partial charge in [-0.1, -0.05) is 19.1 Å². The van der Waals surface area contributed by atoms with Gasteiger partial charge in [-0.3, -0.25) is 14.5 Å². The lowest BCUT2D eigenvalue weighted by molar-refractivity contribution is -0.121. The van der Waals surface area contributed by atoms with Crippen LogP contribution in [0.5, 0.6) is 0 Å². The van der Waals surface area contributed by atoms with Gasteiger partial charge in [-0.25, -0.2) is 0 Å². The van der Waals surface area contributed by atoms with Crippen LogP contribution in [0.25, 0.3) is 10.9 Å². The Morgan fingerprint density at radius 1 is 1.11 bits per heavy atom. The number of hydrogen-bond donors (Lipinski definition) is 2. The van der Waals surface area contributed by atoms with Gasteiger partial charge in [0.1, 0.15) is 0 Å². The minimum atomic E-state index is -0.101. The van der Waals surface area contributed by atoms with E-state index in [9.17, 15) is 9.59 Å². The number of carbonyl (C=O) groups is 1. The lowest BCUT2D eigenvalue weighted by Crippen LogP contribution is -2.48. The van der Waals surface area contributed by atoms with Crippen molar-refractivity contribution in [2.45, 2.75) is 33.1 Å². The fourth-order valence-corrected chi connectivity index (χ4v) is 3.79. The van der Waals surface area contributed by atoms with Crippen LogP contribution in [-0.2, 0) is 11.2 Å². The van der Waals surface area contributed by atoms with Gasteiger partial charge in [0.15, 0.2) is 0 Å². The molecule has 152 valence electrons. The predicted octanol–water partition coefficient (Wildman–Crippen LogP) is 1.91. The number of amides is 1. The number of fused-ring (bicyclic) bond motifs is 1. The molecule has 0 radical (unpaired) electrons. The highest BCUT2D eigenvalue weighted by Crippen LogP contribution is 2.13. The summed E-state index contributed by atoms with van der Waals surface area (Å²) in [5.41, 5.74) is 2.52. The number of aromatic nitrogens is 1. The molecule has 2 heterocycles. The quantitative estimate of drug-likeness (QED) is 0.730. The van der Waals surface area contributed by atoms with Crippen molar-refractivity contribution in [3.63, 3.8) is 0 Å². The molecule has 0 bridgehead atoms. The van der Waals surface area contributed by atoms with E-state index in [1.54, 1.807) is 0 Å². The molecule has 1 aliphatic heterocycles. The molecule has 1 amide bonds. The molecule has 2 N–H and O–H groups in total. The number of hydrogen-bond acceptors (Lipinski definition) is 4. The molecule has 1 saturated heterocycles. The first-order chi connectivity index (χ1) is 13.5. The smallest absolute Gasteiger partial charge is 0.251 e. The number of benzene rings is 1. The molecule has 1 aromatic carbocycles. The average molecular weight is 385 g/mol. The van der Waals surface area contributed by atoms with Crippen molar-refractivity contribution in [3.8, 4) is 0 Å². The van der Waals surface area contributed by atoms with E-state index >= 15 is 0 Å². The van der Waals surface area contributed by atoms with E-state index in [4.69, 9.17) is 0 Å². The summed E-state index contributed by atoms with van der Waals surface area (Å²) in [5.74, 6) is 0.00743. The third-order valence-corrected chi connectivity index (χ3v) is 5.45. The summed E-state index contributed by atoms with van der Waals surface area (Å²) in [6.07, 6.45) is 2.00. The third-order valence-electron chi connectivity index (χ3n) is 5.45. The van der Waals surface area contributed by atoms with Crippen LogP contribution in [0.2, 0.25) is 0 Å². The molecule has 1 fully saturated rings. The van der Waals surface area contributed by atoms with Crippen LogP contribution in [0, 0.1) is 6.92 Å². The first kappa shape index (κ1) is 20.6. The van der Waals surface area contributed by atoms with Gasteiger partial charge in [-0.2, -0.15) is 0 Å². The Labute approximate surface area is 166 Å². The van der Waals surface area contributed by atoms with Crippen LogP contribution in [0.4, 0.5) is 0 Å². The van der Waals surface area contributed by atoms with Crippen molar-refractivity contribution in [1.29, 1.82) is 0 Å². The van der Waals surface area contributed by atoms with Gasteiger partial charge < -0.3 is 15.2 Å². The summed E-state index contributed by atoms with van der Waals surface area (Å²) >= 11 is 0. The Morgan fingerprint density at radius 3 is 2.54 bits per heavy atom. The molecule has 3 rings (SSSR count). The lowest BCUT2D eigenvalue weighted by atomic mass is 10.1. The summed E-state index contributed by atoms with van der Waals surface area (Å²) in [5, 5.41) is 4.00. The second-order valence-electron chi connectivity index (χ2n) is 7.75. The van der Waals surface area contributed by atoms with Gasteiger partial charge in [0.2, 0.25) is 5.91 Å². The molecule has 0 saturated carbocycles. The van der Waals surface area contributed by atoms with Crippen LogP contribution in [0.1, 0.15) is 30.9 Å². The Kier molecular flexibility index (Phi) is 7.23. The maximum Gasteiger partial charge on any atom is 0.251 e. The van der Waals surface area contributed by atoms with E-state index in [2.05, 4.69) is 27.0 Å². The Balaban J connectivity index is 1.41. The maximum atomic E-state index is 12.3. The van der Waals surface area contributed by atoms with Crippen molar-refractivity contribution in [2.24, 2.45) is 0 Å². The van der Waals surface area contributed by atoms with E-state index in [1.807, 2.05) is 31.2 Å². The summed E-state index contributed by atoms with van der Waals surface area (Å²) in [6, 6.07) is 7.90. The fraction of sp³-hybridized carbons (Fsp3) is 0.545. The first-order valence-corrected chi connectivity index (χ1v) is 10.4. The van der Waals surface area contributed by atoms with Crippen molar-refractivity contribution in [2.75, 3.05) is 45.8 Å². The van der Waals surface area contributed by atoms with Crippen molar-refractivity contribution in [1.82, 2.24) is 20.1 Å². The molecule has 0 atom stereocenters. The molecule has 1 aliphatic rings. The molecular weight excluding hydrogens is 352 g/mol. The molecule has 28 heavy (non-hydrogen) atoms. The summed E-state index contributed by atoms with van der Waals surface area (Å²) in [4.78, 5) is 32.2. The van der Waals surface area contributed by atoms with Crippen LogP contribution in [0.3, 0.4) is 0 Å². The number of H-pyrrole nitrogens is 1. The number of piperazine rings is 1. The Morgan fingerprint density at radius 2 is 1.82 bits per heavy atom. The van der Waals surface area contributed by atoms with Crippen LogP contribution in [0.15, 0.2) is 29.1 Å².